The molecule has 0 aliphatic carbocycles. The highest BCUT2D eigenvalue weighted by Gasteiger charge is 2.04. The molecule has 0 saturated carbocycles. The number of hydrogen-bond acceptors (Lipinski definition) is 2. The van der Waals surface area contributed by atoms with Gasteiger partial charge >= 0.3 is 0 Å². The van der Waals surface area contributed by atoms with Crippen molar-refractivity contribution >= 4 is 27.6 Å². The zero-order valence-corrected chi connectivity index (χ0v) is 13.7. The predicted molar refractivity (Wildman–Crippen MR) is 93.1 cm³/mol. The molecule has 0 heterocycles. The van der Waals surface area contributed by atoms with Crippen molar-refractivity contribution in [2.75, 3.05) is 6.61 Å². The molecule has 2 rings (SSSR count). The van der Waals surface area contributed by atoms with Crippen LogP contribution < -0.4 is 4.74 Å². The van der Waals surface area contributed by atoms with Crippen LogP contribution in [0.1, 0.15) is 16.7 Å². The molecule has 0 amide bonds. The number of aryl methyl sites for hydroxylation is 1. The van der Waals surface area contributed by atoms with Gasteiger partial charge in [-0.1, -0.05) is 41.8 Å². The number of halogens is 1. The quantitative estimate of drug-likeness (QED) is 0.448. The third kappa shape index (κ3) is 4.01. The molecule has 0 saturated heterocycles. The van der Waals surface area contributed by atoms with E-state index in [1.165, 1.54) is 5.56 Å². The Morgan fingerprint density at radius 1 is 1.27 bits per heavy atom. The van der Waals surface area contributed by atoms with Crippen LogP contribution in [0.15, 0.2) is 46.9 Å². The van der Waals surface area contributed by atoms with Gasteiger partial charge in [-0.25, -0.2) is 0 Å². The Morgan fingerprint density at radius 3 is 2.59 bits per heavy atom. The van der Waals surface area contributed by atoms with Crippen molar-refractivity contribution in [1.82, 2.24) is 0 Å². The van der Waals surface area contributed by atoms with Crippen LogP contribution in [-0.4, -0.2) is 6.61 Å². The number of nitrogens with zero attached hydrogens (tertiary/aromatic N) is 1. The Bertz CT molecular complexity index is 777. The summed E-state index contributed by atoms with van der Waals surface area (Å²) in [6, 6.07) is 15.7. The highest BCUT2D eigenvalue weighted by atomic mass is 79.9. The van der Waals surface area contributed by atoms with E-state index >= 15 is 0 Å². The summed E-state index contributed by atoms with van der Waals surface area (Å²) in [6.45, 7) is 2.24. The lowest BCUT2D eigenvalue weighted by atomic mass is 10.0. The maximum absolute atomic E-state index is 9.37. The lowest BCUT2D eigenvalue weighted by Crippen LogP contribution is -1.94. The number of nitriles is 1. The van der Waals surface area contributed by atoms with Crippen molar-refractivity contribution in [3.8, 4) is 24.2 Å². The second kappa shape index (κ2) is 7.50. The predicted octanol–water partition coefficient (Wildman–Crippen LogP) is 4.83. The molecule has 0 bridgehead atoms. The van der Waals surface area contributed by atoms with Crippen molar-refractivity contribution in [1.29, 1.82) is 5.26 Å². The van der Waals surface area contributed by atoms with Gasteiger partial charge in [-0.15, -0.1) is 6.42 Å². The van der Waals surface area contributed by atoms with Gasteiger partial charge in [0.1, 0.15) is 12.4 Å². The van der Waals surface area contributed by atoms with E-state index in [1.807, 2.05) is 55.5 Å². The molecular formula is C19H14BrNO. The Balaban J connectivity index is 2.31. The number of benzene rings is 2. The average molecular weight is 352 g/mol. The highest BCUT2D eigenvalue weighted by Crippen LogP contribution is 2.28. The van der Waals surface area contributed by atoms with Gasteiger partial charge in [-0.3, -0.25) is 0 Å². The first-order chi connectivity index (χ1) is 10.6. The third-order valence-corrected chi connectivity index (χ3v) is 3.68. The van der Waals surface area contributed by atoms with Gasteiger partial charge in [0.2, 0.25) is 0 Å². The van der Waals surface area contributed by atoms with Crippen LogP contribution in [0.3, 0.4) is 0 Å². The molecule has 0 atom stereocenters. The Morgan fingerprint density at radius 2 is 2.00 bits per heavy atom. The Hall–Kier alpha value is -2.49. The highest BCUT2D eigenvalue weighted by molar-refractivity contribution is 9.10. The van der Waals surface area contributed by atoms with Crippen LogP contribution in [0.25, 0.3) is 11.6 Å². The lowest BCUT2D eigenvalue weighted by Gasteiger charge is -2.06. The first kappa shape index (κ1) is 15.9. The van der Waals surface area contributed by atoms with E-state index in [9.17, 15) is 5.26 Å². The first-order valence-electron chi connectivity index (χ1n) is 6.68. The summed E-state index contributed by atoms with van der Waals surface area (Å²) in [4.78, 5) is 0. The largest absolute Gasteiger partial charge is 0.480 e. The minimum atomic E-state index is 0.223. The Labute approximate surface area is 139 Å². The van der Waals surface area contributed by atoms with Crippen LogP contribution in [0.2, 0.25) is 0 Å². The van der Waals surface area contributed by atoms with E-state index in [2.05, 4.69) is 27.9 Å². The molecule has 0 fully saturated rings. The number of allylic oxidation sites excluding steroid dienone is 1. The van der Waals surface area contributed by atoms with E-state index in [0.29, 0.717) is 11.3 Å². The number of rotatable bonds is 4. The summed E-state index contributed by atoms with van der Waals surface area (Å²) in [6.07, 6.45) is 7.03. The summed E-state index contributed by atoms with van der Waals surface area (Å²) in [5.41, 5.74) is 3.59. The summed E-state index contributed by atoms with van der Waals surface area (Å²) in [7, 11) is 0. The summed E-state index contributed by atoms with van der Waals surface area (Å²) in [5, 5.41) is 9.37. The van der Waals surface area contributed by atoms with E-state index in [0.717, 1.165) is 15.6 Å². The monoisotopic (exact) mass is 351 g/mol. The van der Waals surface area contributed by atoms with Crippen molar-refractivity contribution in [2.24, 2.45) is 0 Å². The van der Waals surface area contributed by atoms with Crippen LogP contribution in [0, 0.1) is 30.6 Å². The molecule has 0 aliphatic heterocycles. The number of ether oxygens (including phenoxy) is 1. The molecule has 0 N–H and O–H groups in total. The molecule has 22 heavy (non-hydrogen) atoms. The fourth-order valence-electron chi connectivity index (χ4n) is 1.92. The molecule has 2 aromatic rings. The topological polar surface area (TPSA) is 33.0 Å². The standard InChI is InChI=1S/C19H14BrNO/c1-3-10-22-19-9-6-15(12-18(19)20)11-17(13-21)16-7-4-14(2)5-8-16/h1,4-9,11-12H,10H2,2H3/b17-11+. The first-order valence-corrected chi connectivity index (χ1v) is 7.48. The number of terminal acetylenes is 1. The molecular weight excluding hydrogens is 338 g/mol. The molecule has 0 spiro atoms. The van der Waals surface area contributed by atoms with Crippen LogP contribution in [0.4, 0.5) is 0 Å². The lowest BCUT2D eigenvalue weighted by molar-refractivity contribution is 0.368. The fourth-order valence-corrected chi connectivity index (χ4v) is 2.43. The van der Waals surface area contributed by atoms with Crippen molar-refractivity contribution in [2.45, 2.75) is 6.92 Å². The van der Waals surface area contributed by atoms with E-state index < -0.39 is 0 Å². The minimum absolute atomic E-state index is 0.223. The molecule has 0 unspecified atom stereocenters. The average Bonchev–Trinajstić information content (AvgIpc) is 2.53. The zero-order valence-electron chi connectivity index (χ0n) is 12.1. The molecule has 3 heteroatoms. The second-order valence-corrected chi connectivity index (χ2v) is 5.57. The van der Waals surface area contributed by atoms with Crippen molar-refractivity contribution < 1.29 is 4.74 Å². The molecule has 108 valence electrons. The van der Waals surface area contributed by atoms with E-state index in [1.54, 1.807) is 0 Å². The van der Waals surface area contributed by atoms with Gasteiger partial charge in [0.25, 0.3) is 0 Å². The second-order valence-electron chi connectivity index (χ2n) is 4.72. The van der Waals surface area contributed by atoms with Crippen molar-refractivity contribution in [3.63, 3.8) is 0 Å². The third-order valence-electron chi connectivity index (χ3n) is 3.06. The summed E-state index contributed by atoms with van der Waals surface area (Å²) in [5.74, 6) is 3.11. The van der Waals surface area contributed by atoms with Gasteiger partial charge in [0, 0.05) is 0 Å². The zero-order chi connectivity index (χ0) is 15.9. The van der Waals surface area contributed by atoms with Gasteiger partial charge in [-0.2, -0.15) is 5.26 Å². The van der Waals surface area contributed by atoms with Gasteiger partial charge in [0.15, 0.2) is 0 Å². The SMILES string of the molecule is C#CCOc1ccc(/C=C(\C#N)c2ccc(C)cc2)cc1Br. The maximum Gasteiger partial charge on any atom is 0.148 e. The van der Waals surface area contributed by atoms with E-state index in [4.69, 9.17) is 11.2 Å². The van der Waals surface area contributed by atoms with Gasteiger partial charge < -0.3 is 4.74 Å². The summed E-state index contributed by atoms with van der Waals surface area (Å²) >= 11 is 3.45. The van der Waals surface area contributed by atoms with E-state index in [-0.39, 0.29) is 6.61 Å². The minimum Gasteiger partial charge on any atom is -0.480 e. The van der Waals surface area contributed by atoms with Crippen LogP contribution >= 0.6 is 15.9 Å². The Kier molecular flexibility index (Phi) is 5.42. The smallest absolute Gasteiger partial charge is 0.148 e. The normalized spacial score (nSPS) is 10.6. The molecule has 0 aliphatic rings. The fraction of sp³-hybridized carbons (Fsp3) is 0.105. The number of hydrogen-bond donors (Lipinski definition) is 0. The molecule has 0 radical (unpaired) electrons. The maximum atomic E-state index is 9.37. The van der Waals surface area contributed by atoms with Gasteiger partial charge in [0.05, 0.1) is 16.1 Å². The molecule has 2 nitrogen and oxygen atoms in total. The summed E-state index contributed by atoms with van der Waals surface area (Å²) < 4.78 is 6.20. The van der Waals surface area contributed by atoms with Crippen molar-refractivity contribution in [3.05, 3.63) is 63.6 Å². The molecule has 0 aromatic heterocycles. The van der Waals surface area contributed by atoms with Gasteiger partial charge in [-0.05, 0) is 52.2 Å². The van der Waals surface area contributed by atoms with Crippen LogP contribution in [-0.2, 0) is 0 Å². The van der Waals surface area contributed by atoms with Crippen LogP contribution in [0.5, 0.6) is 5.75 Å². The molecule has 2 aromatic carbocycles.